The zero-order chi connectivity index (χ0) is 13.3. The maximum absolute atomic E-state index is 6.25. The summed E-state index contributed by atoms with van der Waals surface area (Å²) in [5, 5.41) is 2.09. The van der Waals surface area contributed by atoms with E-state index >= 15 is 0 Å². The Morgan fingerprint density at radius 2 is 2.00 bits per heavy atom. The Morgan fingerprint density at radius 1 is 1.28 bits per heavy atom. The minimum Gasteiger partial charge on any atom is -0.375 e. The molecule has 18 heavy (non-hydrogen) atoms. The van der Waals surface area contributed by atoms with Crippen molar-refractivity contribution in [1.29, 1.82) is 0 Å². The smallest absolute Gasteiger partial charge is 0.180 e. The molecule has 0 saturated heterocycles. The van der Waals surface area contributed by atoms with Crippen LogP contribution in [0, 0.1) is 6.92 Å². The van der Waals surface area contributed by atoms with Crippen LogP contribution in [0.4, 0.5) is 5.13 Å². The number of aromatic nitrogens is 1. The van der Waals surface area contributed by atoms with Crippen molar-refractivity contribution in [3.8, 4) is 0 Å². The fourth-order valence-corrected chi connectivity index (χ4v) is 3.23. The fourth-order valence-electron chi connectivity index (χ4n) is 1.81. The number of nitrogen functional groups attached to an aromatic ring is 1. The van der Waals surface area contributed by atoms with Gasteiger partial charge in [-0.3, -0.25) is 0 Å². The van der Waals surface area contributed by atoms with E-state index in [0.29, 0.717) is 5.13 Å². The standard InChI is InChI=1S/C13H14Cl2N2S/c1-3-11-12(18-13(16)17-11)6-8-5-9(14)7(2)4-10(8)15/h4-5H,3,6H2,1-2H3,(H2,16,17). The molecule has 2 nitrogen and oxygen atoms in total. The van der Waals surface area contributed by atoms with Crippen LogP contribution in [-0.2, 0) is 12.8 Å². The number of thiazole rings is 1. The topological polar surface area (TPSA) is 38.9 Å². The van der Waals surface area contributed by atoms with Crippen molar-refractivity contribution in [2.24, 2.45) is 0 Å². The van der Waals surface area contributed by atoms with Crippen molar-refractivity contribution >= 4 is 39.7 Å². The van der Waals surface area contributed by atoms with Gasteiger partial charge in [-0.05, 0) is 36.6 Å². The molecule has 2 N–H and O–H groups in total. The molecule has 0 amide bonds. The van der Waals surface area contributed by atoms with E-state index in [1.165, 1.54) is 11.3 Å². The van der Waals surface area contributed by atoms with Gasteiger partial charge in [-0.25, -0.2) is 4.98 Å². The highest BCUT2D eigenvalue weighted by Crippen LogP contribution is 2.30. The van der Waals surface area contributed by atoms with Crippen molar-refractivity contribution in [3.63, 3.8) is 0 Å². The second-order valence-corrected chi connectivity index (χ2v) is 6.07. The Balaban J connectivity index is 2.36. The van der Waals surface area contributed by atoms with Crippen LogP contribution in [0.5, 0.6) is 0 Å². The van der Waals surface area contributed by atoms with Crippen molar-refractivity contribution in [3.05, 3.63) is 43.9 Å². The van der Waals surface area contributed by atoms with Crippen LogP contribution in [0.25, 0.3) is 0 Å². The number of halogens is 2. The van der Waals surface area contributed by atoms with E-state index < -0.39 is 0 Å². The lowest BCUT2D eigenvalue weighted by Gasteiger charge is -2.07. The lowest BCUT2D eigenvalue weighted by Crippen LogP contribution is -1.93. The zero-order valence-corrected chi connectivity index (χ0v) is 12.6. The van der Waals surface area contributed by atoms with E-state index in [1.54, 1.807) is 0 Å². The van der Waals surface area contributed by atoms with Gasteiger partial charge in [0.25, 0.3) is 0 Å². The van der Waals surface area contributed by atoms with Crippen LogP contribution in [-0.4, -0.2) is 4.98 Å². The molecule has 1 aromatic heterocycles. The summed E-state index contributed by atoms with van der Waals surface area (Å²) in [6, 6.07) is 3.82. The second kappa shape index (κ2) is 5.47. The minimum atomic E-state index is 0.608. The highest BCUT2D eigenvalue weighted by molar-refractivity contribution is 7.15. The summed E-state index contributed by atoms with van der Waals surface area (Å²) in [4.78, 5) is 5.48. The largest absolute Gasteiger partial charge is 0.375 e. The van der Waals surface area contributed by atoms with Crippen LogP contribution in [0.3, 0.4) is 0 Å². The normalized spacial score (nSPS) is 10.9. The first kappa shape index (κ1) is 13.7. The third-order valence-electron chi connectivity index (χ3n) is 2.81. The second-order valence-electron chi connectivity index (χ2n) is 4.15. The number of aryl methyl sites for hydroxylation is 2. The molecule has 0 spiro atoms. The molecule has 0 saturated carbocycles. The maximum Gasteiger partial charge on any atom is 0.180 e. The molecule has 2 rings (SSSR count). The van der Waals surface area contributed by atoms with Gasteiger partial charge in [-0.1, -0.05) is 30.1 Å². The minimum absolute atomic E-state index is 0.608. The van der Waals surface area contributed by atoms with Crippen molar-refractivity contribution < 1.29 is 0 Å². The number of anilines is 1. The highest BCUT2D eigenvalue weighted by Gasteiger charge is 2.12. The molecule has 0 aliphatic heterocycles. The molecule has 0 aliphatic carbocycles. The van der Waals surface area contributed by atoms with E-state index in [-0.39, 0.29) is 0 Å². The van der Waals surface area contributed by atoms with Gasteiger partial charge in [-0.15, -0.1) is 11.3 Å². The predicted molar refractivity (Wildman–Crippen MR) is 79.9 cm³/mol. The Morgan fingerprint density at radius 3 is 2.67 bits per heavy atom. The van der Waals surface area contributed by atoms with E-state index in [1.807, 2.05) is 19.1 Å². The Bertz CT molecular complexity index is 579. The number of rotatable bonds is 3. The molecule has 0 atom stereocenters. The van der Waals surface area contributed by atoms with Gasteiger partial charge in [0.15, 0.2) is 5.13 Å². The van der Waals surface area contributed by atoms with Crippen molar-refractivity contribution in [1.82, 2.24) is 4.98 Å². The lowest BCUT2D eigenvalue weighted by molar-refractivity contribution is 1.02. The van der Waals surface area contributed by atoms with Gasteiger partial charge in [0.1, 0.15) is 0 Å². The molecule has 1 aromatic carbocycles. The summed E-state index contributed by atoms with van der Waals surface area (Å²) in [6.07, 6.45) is 1.61. The summed E-state index contributed by atoms with van der Waals surface area (Å²) in [5.41, 5.74) is 8.81. The van der Waals surface area contributed by atoms with Gasteiger partial charge in [-0.2, -0.15) is 0 Å². The molecule has 96 valence electrons. The van der Waals surface area contributed by atoms with Crippen LogP contribution < -0.4 is 5.73 Å². The first-order valence-electron chi connectivity index (χ1n) is 5.69. The molecule has 0 aliphatic rings. The maximum atomic E-state index is 6.25. The first-order chi connectivity index (χ1) is 8.51. The zero-order valence-electron chi connectivity index (χ0n) is 10.3. The first-order valence-corrected chi connectivity index (χ1v) is 7.27. The monoisotopic (exact) mass is 300 g/mol. The Labute approximate surface area is 121 Å². The van der Waals surface area contributed by atoms with Crippen LogP contribution >= 0.6 is 34.5 Å². The average Bonchev–Trinajstić information content (AvgIpc) is 2.66. The molecular formula is C13H14Cl2N2S. The van der Waals surface area contributed by atoms with E-state index in [4.69, 9.17) is 28.9 Å². The third-order valence-corrected chi connectivity index (χ3v) is 4.49. The summed E-state index contributed by atoms with van der Waals surface area (Å²) >= 11 is 13.9. The summed E-state index contributed by atoms with van der Waals surface area (Å²) in [7, 11) is 0. The molecule has 0 unspecified atom stereocenters. The molecule has 5 heteroatoms. The average molecular weight is 301 g/mol. The fraction of sp³-hybridized carbons (Fsp3) is 0.308. The number of hydrogen-bond donors (Lipinski definition) is 1. The van der Waals surface area contributed by atoms with Gasteiger partial charge in [0.05, 0.1) is 5.69 Å². The molecular weight excluding hydrogens is 287 g/mol. The molecule has 0 fully saturated rings. The van der Waals surface area contributed by atoms with Crippen molar-refractivity contribution in [2.45, 2.75) is 26.7 Å². The summed E-state index contributed by atoms with van der Waals surface area (Å²) in [6.45, 7) is 4.02. The van der Waals surface area contributed by atoms with E-state index in [0.717, 1.165) is 44.6 Å². The van der Waals surface area contributed by atoms with E-state index in [2.05, 4.69) is 11.9 Å². The third kappa shape index (κ3) is 2.79. The molecule has 0 bridgehead atoms. The van der Waals surface area contributed by atoms with Crippen LogP contribution in [0.15, 0.2) is 12.1 Å². The number of benzene rings is 1. The van der Waals surface area contributed by atoms with Crippen molar-refractivity contribution in [2.75, 3.05) is 5.73 Å². The quantitative estimate of drug-likeness (QED) is 0.907. The number of nitrogens with zero attached hydrogens (tertiary/aromatic N) is 1. The predicted octanol–water partition coefficient (Wildman–Crippen LogP) is 4.49. The summed E-state index contributed by atoms with van der Waals surface area (Å²) < 4.78 is 0. The SMILES string of the molecule is CCc1nc(N)sc1Cc1cc(Cl)c(C)cc1Cl. The molecule has 0 radical (unpaired) electrons. The van der Waals surface area contributed by atoms with Crippen LogP contribution in [0.2, 0.25) is 10.0 Å². The van der Waals surface area contributed by atoms with Crippen LogP contribution in [0.1, 0.15) is 28.6 Å². The molecule has 2 aromatic rings. The molecule has 1 heterocycles. The van der Waals surface area contributed by atoms with Gasteiger partial charge >= 0.3 is 0 Å². The van der Waals surface area contributed by atoms with Gasteiger partial charge in [0.2, 0.25) is 0 Å². The number of hydrogen-bond acceptors (Lipinski definition) is 3. The highest BCUT2D eigenvalue weighted by atomic mass is 35.5. The number of nitrogens with two attached hydrogens (primary N) is 1. The van der Waals surface area contributed by atoms with E-state index in [9.17, 15) is 0 Å². The Hall–Kier alpha value is -0.770. The summed E-state index contributed by atoms with van der Waals surface area (Å²) in [5.74, 6) is 0. The van der Waals surface area contributed by atoms with Gasteiger partial charge < -0.3 is 5.73 Å². The Kier molecular flexibility index (Phi) is 4.15. The van der Waals surface area contributed by atoms with Gasteiger partial charge in [0, 0.05) is 21.3 Å². The lowest BCUT2D eigenvalue weighted by atomic mass is 10.1.